The summed E-state index contributed by atoms with van der Waals surface area (Å²) in [5, 5.41) is 5.07. The number of nitrogens with zero attached hydrogens (tertiary/aromatic N) is 1. The third-order valence-corrected chi connectivity index (χ3v) is 8.35. The molecule has 0 spiro atoms. The van der Waals surface area contributed by atoms with E-state index < -0.39 is 27.9 Å². The van der Waals surface area contributed by atoms with E-state index >= 15 is 0 Å². The number of rotatable bonds is 5. The molecule has 0 aliphatic carbocycles. The first kappa shape index (κ1) is 23.9. The molecule has 0 radical (unpaired) electrons. The highest BCUT2D eigenvalue weighted by Crippen LogP contribution is 2.33. The molecule has 0 saturated carbocycles. The Balaban J connectivity index is 1.79. The zero-order chi connectivity index (χ0) is 23.5. The van der Waals surface area contributed by atoms with Crippen LogP contribution >= 0.6 is 11.3 Å². The molecular formula is C21H25N3O6S2. The van der Waals surface area contributed by atoms with Gasteiger partial charge in [0, 0.05) is 23.5 Å². The van der Waals surface area contributed by atoms with Crippen molar-refractivity contribution >= 4 is 44.3 Å². The van der Waals surface area contributed by atoms with E-state index in [1.54, 1.807) is 13.8 Å². The van der Waals surface area contributed by atoms with Gasteiger partial charge in [0.25, 0.3) is 11.8 Å². The summed E-state index contributed by atoms with van der Waals surface area (Å²) in [4.78, 5) is 37.6. The zero-order valence-electron chi connectivity index (χ0n) is 18.1. The molecule has 0 atom stereocenters. The summed E-state index contributed by atoms with van der Waals surface area (Å²) >= 11 is 1.21. The minimum Gasteiger partial charge on any atom is -0.453 e. The van der Waals surface area contributed by atoms with Crippen molar-refractivity contribution in [2.45, 2.75) is 38.0 Å². The molecule has 1 aromatic heterocycles. The molecule has 1 aliphatic rings. The van der Waals surface area contributed by atoms with Gasteiger partial charge in [0.05, 0.1) is 17.6 Å². The number of carbonyl (C=O) groups excluding carboxylic acids is 3. The normalized spacial score (nSPS) is 14.6. The Labute approximate surface area is 190 Å². The summed E-state index contributed by atoms with van der Waals surface area (Å²) in [5.41, 5.74) is 1.05. The monoisotopic (exact) mass is 479 g/mol. The van der Waals surface area contributed by atoms with Gasteiger partial charge in [0.15, 0.2) is 0 Å². The predicted molar refractivity (Wildman–Crippen MR) is 121 cm³/mol. The molecule has 32 heavy (non-hydrogen) atoms. The number of piperidine rings is 1. The van der Waals surface area contributed by atoms with Gasteiger partial charge in [-0.3, -0.25) is 14.9 Å². The summed E-state index contributed by atoms with van der Waals surface area (Å²) < 4.78 is 31.5. The number of aryl methyl sites for hydroxylation is 1. The smallest absolute Gasteiger partial charge is 0.413 e. The SMILES string of the molecule is COC(=O)NC(=O)c1c(NC(=O)c2ccc(S(=O)(=O)N3CCCCC3)cc2)sc(C)c1C. The quantitative estimate of drug-likeness (QED) is 0.679. The molecule has 1 fully saturated rings. The van der Waals surface area contributed by atoms with Crippen LogP contribution in [0.5, 0.6) is 0 Å². The highest BCUT2D eigenvalue weighted by molar-refractivity contribution is 7.89. The third-order valence-electron chi connectivity index (χ3n) is 5.31. The van der Waals surface area contributed by atoms with Gasteiger partial charge in [-0.1, -0.05) is 6.42 Å². The van der Waals surface area contributed by atoms with E-state index in [0.717, 1.165) is 31.2 Å². The van der Waals surface area contributed by atoms with Crippen molar-refractivity contribution in [2.24, 2.45) is 0 Å². The molecule has 1 aliphatic heterocycles. The number of hydrogen-bond acceptors (Lipinski definition) is 7. The molecular weight excluding hydrogens is 454 g/mol. The van der Waals surface area contributed by atoms with Crippen molar-refractivity contribution in [1.82, 2.24) is 9.62 Å². The van der Waals surface area contributed by atoms with Crippen LogP contribution in [-0.4, -0.2) is 50.8 Å². The van der Waals surface area contributed by atoms with Gasteiger partial charge < -0.3 is 10.1 Å². The van der Waals surface area contributed by atoms with E-state index in [4.69, 9.17) is 0 Å². The Morgan fingerprint density at radius 2 is 1.62 bits per heavy atom. The highest BCUT2D eigenvalue weighted by atomic mass is 32.2. The predicted octanol–water partition coefficient (Wildman–Crippen LogP) is 3.29. The summed E-state index contributed by atoms with van der Waals surface area (Å²) in [6.07, 6.45) is 1.80. The molecule has 172 valence electrons. The Bertz CT molecular complexity index is 1130. The van der Waals surface area contributed by atoms with Gasteiger partial charge in [0.2, 0.25) is 10.0 Å². The number of imide groups is 1. The van der Waals surface area contributed by atoms with Gasteiger partial charge in [0.1, 0.15) is 5.00 Å². The molecule has 2 N–H and O–H groups in total. The van der Waals surface area contributed by atoms with Crippen LogP contribution < -0.4 is 10.6 Å². The molecule has 3 amide bonds. The fraction of sp³-hybridized carbons (Fsp3) is 0.381. The molecule has 0 unspecified atom stereocenters. The first-order valence-electron chi connectivity index (χ1n) is 10.1. The molecule has 9 nitrogen and oxygen atoms in total. The van der Waals surface area contributed by atoms with Crippen LogP contribution in [0.3, 0.4) is 0 Å². The van der Waals surface area contributed by atoms with Crippen LogP contribution in [0.15, 0.2) is 29.2 Å². The van der Waals surface area contributed by atoms with Gasteiger partial charge in [-0.25, -0.2) is 13.2 Å². The fourth-order valence-electron chi connectivity index (χ4n) is 3.40. The van der Waals surface area contributed by atoms with Crippen LogP contribution in [-0.2, 0) is 14.8 Å². The molecule has 1 aromatic carbocycles. The lowest BCUT2D eigenvalue weighted by Crippen LogP contribution is -2.35. The number of ether oxygens (including phenoxy) is 1. The number of alkyl carbamates (subject to hydrolysis) is 1. The van der Waals surface area contributed by atoms with E-state index in [0.29, 0.717) is 18.7 Å². The second-order valence-electron chi connectivity index (χ2n) is 7.38. The maximum absolute atomic E-state index is 12.8. The largest absolute Gasteiger partial charge is 0.453 e. The van der Waals surface area contributed by atoms with Crippen LogP contribution in [0.1, 0.15) is 50.4 Å². The van der Waals surface area contributed by atoms with Gasteiger partial charge in [-0.2, -0.15) is 4.31 Å². The Hall–Kier alpha value is -2.76. The summed E-state index contributed by atoms with van der Waals surface area (Å²) in [7, 11) is -2.45. The second-order valence-corrected chi connectivity index (χ2v) is 10.5. The van der Waals surface area contributed by atoms with Crippen LogP contribution in [0.25, 0.3) is 0 Å². The van der Waals surface area contributed by atoms with Crippen molar-refractivity contribution in [3.8, 4) is 0 Å². The van der Waals surface area contributed by atoms with Crippen LogP contribution in [0.4, 0.5) is 9.80 Å². The highest BCUT2D eigenvalue weighted by Gasteiger charge is 2.26. The number of anilines is 1. The standard InChI is InChI=1S/C21H25N3O6S2/c1-13-14(2)31-20(17(13)19(26)23-21(27)30-3)22-18(25)15-7-9-16(10-8-15)32(28,29)24-11-5-4-6-12-24/h7-10H,4-6,11-12H2,1-3H3,(H,22,25)(H,23,26,27). The molecule has 11 heteroatoms. The Kier molecular flexibility index (Phi) is 7.32. The summed E-state index contributed by atoms with van der Waals surface area (Å²) in [6, 6.07) is 5.70. The topological polar surface area (TPSA) is 122 Å². The number of hydrogen-bond donors (Lipinski definition) is 2. The number of nitrogens with one attached hydrogen (secondary N) is 2. The lowest BCUT2D eigenvalue weighted by Gasteiger charge is -2.25. The van der Waals surface area contributed by atoms with Crippen molar-refractivity contribution in [3.05, 3.63) is 45.8 Å². The number of carbonyl (C=O) groups is 3. The number of thiophene rings is 1. The Morgan fingerprint density at radius 1 is 1.00 bits per heavy atom. The van der Waals surface area contributed by atoms with E-state index in [2.05, 4.69) is 15.4 Å². The number of sulfonamides is 1. The molecule has 3 rings (SSSR count). The number of benzene rings is 1. The minimum atomic E-state index is -3.59. The van der Waals surface area contributed by atoms with Crippen molar-refractivity contribution in [1.29, 1.82) is 0 Å². The van der Waals surface area contributed by atoms with E-state index in [1.165, 1.54) is 39.9 Å². The number of amides is 3. The van der Waals surface area contributed by atoms with E-state index in [1.807, 2.05) is 0 Å². The van der Waals surface area contributed by atoms with Gasteiger partial charge in [-0.05, 0) is 56.5 Å². The number of methoxy groups -OCH3 is 1. The maximum Gasteiger partial charge on any atom is 0.413 e. The molecule has 2 aromatic rings. The lowest BCUT2D eigenvalue weighted by atomic mass is 10.1. The second kappa shape index (κ2) is 9.80. The fourth-order valence-corrected chi connectivity index (χ4v) is 5.97. The Morgan fingerprint density at radius 3 is 2.22 bits per heavy atom. The summed E-state index contributed by atoms with van der Waals surface area (Å²) in [6.45, 7) is 4.51. The van der Waals surface area contributed by atoms with Crippen LogP contribution in [0.2, 0.25) is 0 Å². The van der Waals surface area contributed by atoms with Crippen molar-refractivity contribution in [3.63, 3.8) is 0 Å². The first-order valence-corrected chi connectivity index (χ1v) is 12.3. The lowest BCUT2D eigenvalue weighted by molar-refractivity contribution is 0.0937. The maximum atomic E-state index is 12.8. The summed E-state index contributed by atoms with van der Waals surface area (Å²) in [5.74, 6) is -1.18. The molecule has 0 bridgehead atoms. The van der Waals surface area contributed by atoms with Crippen molar-refractivity contribution in [2.75, 3.05) is 25.5 Å². The average molecular weight is 480 g/mol. The van der Waals surface area contributed by atoms with Crippen LogP contribution in [0, 0.1) is 13.8 Å². The van der Waals surface area contributed by atoms with Crippen molar-refractivity contribution < 1.29 is 27.5 Å². The minimum absolute atomic E-state index is 0.136. The van der Waals surface area contributed by atoms with E-state index in [-0.39, 0.29) is 21.0 Å². The first-order chi connectivity index (χ1) is 15.1. The molecule has 1 saturated heterocycles. The van der Waals surface area contributed by atoms with Gasteiger partial charge >= 0.3 is 6.09 Å². The van der Waals surface area contributed by atoms with E-state index in [9.17, 15) is 22.8 Å². The zero-order valence-corrected chi connectivity index (χ0v) is 19.7. The van der Waals surface area contributed by atoms with Gasteiger partial charge in [-0.15, -0.1) is 11.3 Å². The average Bonchev–Trinajstić information content (AvgIpc) is 3.07. The third kappa shape index (κ3) is 5.00. The molecule has 2 heterocycles.